The normalized spacial score (nSPS) is 16.5. The molecule has 1 aromatic heterocycles. The number of hydrogen-bond acceptors (Lipinski definition) is 0. The summed E-state index contributed by atoms with van der Waals surface area (Å²) >= 11 is 0. The van der Waals surface area contributed by atoms with Gasteiger partial charge < -0.3 is 4.98 Å². The van der Waals surface area contributed by atoms with Crippen molar-refractivity contribution in [1.29, 1.82) is 0 Å². The third kappa shape index (κ3) is 3.66. The van der Waals surface area contributed by atoms with Gasteiger partial charge in [0, 0.05) is 33.6 Å². The summed E-state index contributed by atoms with van der Waals surface area (Å²) in [7, 11) is 0. The lowest BCUT2D eigenvalue weighted by Crippen LogP contribution is -2.27. The van der Waals surface area contributed by atoms with E-state index in [-0.39, 0.29) is 11.8 Å². The van der Waals surface area contributed by atoms with Gasteiger partial charge in [0.2, 0.25) is 0 Å². The lowest BCUT2D eigenvalue weighted by molar-refractivity contribution is 0.764. The molecular weight excluding hydrogens is 532 g/mol. The van der Waals surface area contributed by atoms with Crippen LogP contribution in [0.4, 0.5) is 5.69 Å². The molecule has 0 saturated carbocycles. The molecule has 3 aliphatic carbocycles. The molecule has 9 rings (SSSR count). The van der Waals surface area contributed by atoms with Crippen LogP contribution in [0.25, 0.3) is 37.8 Å². The summed E-state index contributed by atoms with van der Waals surface area (Å²) in [6.07, 6.45) is 0. The minimum atomic E-state index is 0.0766. The van der Waals surface area contributed by atoms with Gasteiger partial charge in [0.05, 0.1) is 6.57 Å². The molecule has 1 heterocycles. The maximum absolute atomic E-state index is 8.27. The van der Waals surface area contributed by atoms with Crippen LogP contribution in [0.5, 0.6) is 0 Å². The van der Waals surface area contributed by atoms with E-state index in [1.807, 2.05) is 0 Å². The maximum atomic E-state index is 8.27. The summed E-state index contributed by atoms with van der Waals surface area (Å²) < 4.78 is 0. The van der Waals surface area contributed by atoms with Crippen molar-refractivity contribution in [2.75, 3.05) is 0 Å². The van der Waals surface area contributed by atoms with Crippen molar-refractivity contribution in [3.05, 3.63) is 146 Å². The van der Waals surface area contributed by atoms with Crippen LogP contribution < -0.4 is 0 Å². The first-order chi connectivity index (χ1) is 21.3. The lowest BCUT2D eigenvalue weighted by atomic mass is 9.60. The van der Waals surface area contributed by atoms with E-state index in [0.717, 1.165) is 16.7 Å². The van der Waals surface area contributed by atoms with Crippen molar-refractivity contribution in [3.63, 3.8) is 0 Å². The molecule has 5 aromatic carbocycles. The molecule has 0 saturated heterocycles. The van der Waals surface area contributed by atoms with Crippen LogP contribution in [0, 0.1) is 6.57 Å². The molecule has 0 radical (unpaired) electrons. The maximum Gasteiger partial charge on any atom is 0.193 e. The summed E-state index contributed by atoms with van der Waals surface area (Å²) in [5.74, 6) is 1.50. The minimum absolute atomic E-state index is 0.0766. The Morgan fingerprint density at radius 1 is 0.614 bits per heavy atom. The van der Waals surface area contributed by atoms with Gasteiger partial charge in [-0.3, -0.25) is 0 Å². The first-order valence-electron chi connectivity index (χ1n) is 16.1. The predicted octanol–water partition coefficient (Wildman–Crippen LogP) is 11.9. The number of hydrogen-bond donors (Lipinski definition) is 1. The van der Waals surface area contributed by atoms with Gasteiger partial charge in [0.1, 0.15) is 0 Å². The Morgan fingerprint density at radius 3 is 1.66 bits per heavy atom. The SMILES string of the molecule is [C-]#[N+]c1cc2[nH]c3ccc(-c4c(C(C)C)cc(C(C)C)cc4C(C)C)cc3c2c2c1C1c3ccccc3C2c2ccccc21. The molecular formula is C42H38N2. The van der Waals surface area contributed by atoms with E-state index in [2.05, 4.69) is 136 Å². The molecule has 1 N–H and O–H groups in total. The second-order valence-corrected chi connectivity index (χ2v) is 13.8. The Labute approximate surface area is 260 Å². The second kappa shape index (κ2) is 9.70. The number of rotatable bonds is 4. The van der Waals surface area contributed by atoms with Crippen LogP contribution in [0.1, 0.15) is 121 Å². The summed E-state index contributed by atoms with van der Waals surface area (Å²) in [4.78, 5) is 7.89. The van der Waals surface area contributed by atoms with Crippen molar-refractivity contribution in [2.45, 2.75) is 71.1 Å². The number of nitrogens with one attached hydrogen (secondary N) is 1. The summed E-state index contributed by atoms with van der Waals surface area (Å²) in [6, 6.07) is 31.8. The van der Waals surface area contributed by atoms with Gasteiger partial charge in [-0.15, -0.1) is 0 Å². The number of fused-ring (bicyclic) bond motifs is 3. The number of nitrogens with zero attached hydrogens (tertiary/aromatic N) is 1. The second-order valence-electron chi connectivity index (χ2n) is 13.8. The summed E-state index contributed by atoms with van der Waals surface area (Å²) in [6.45, 7) is 22.2. The third-order valence-corrected chi connectivity index (χ3v) is 10.3. The van der Waals surface area contributed by atoms with Gasteiger partial charge in [-0.1, -0.05) is 108 Å². The smallest absolute Gasteiger partial charge is 0.193 e. The Hall–Kier alpha value is -4.61. The van der Waals surface area contributed by atoms with E-state index < -0.39 is 0 Å². The van der Waals surface area contributed by atoms with Crippen LogP contribution in [0.2, 0.25) is 0 Å². The van der Waals surface area contributed by atoms with Crippen LogP contribution in [0.3, 0.4) is 0 Å². The molecule has 0 atom stereocenters. The number of H-pyrrole nitrogens is 1. The fourth-order valence-corrected chi connectivity index (χ4v) is 8.27. The van der Waals surface area contributed by atoms with Gasteiger partial charge in [-0.05, 0) is 97.2 Å². The Balaban J connectivity index is 1.47. The van der Waals surface area contributed by atoms with Crippen molar-refractivity contribution in [2.24, 2.45) is 0 Å². The number of benzene rings is 5. The largest absolute Gasteiger partial charge is 0.356 e. The predicted molar refractivity (Wildman–Crippen MR) is 185 cm³/mol. The molecule has 2 nitrogen and oxygen atoms in total. The molecule has 0 fully saturated rings. The Kier molecular flexibility index (Phi) is 5.95. The van der Waals surface area contributed by atoms with Gasteiger partial charge in [-0.25, -0.2) is 4.85 Å². The highest BCUT2D eigenvalue weighted by Crippen LogP contribution is 2.60. The van der Waals surface area contributed by atoms with Gasteiger partial charge in [0.25, 0.3) is 0 Å². The molecule has 216 valence electrons. The highest BCUT2D eigenvalue weighted by Gasteiger charge is 2.43. The van der Waals surface area contributed by atoms with E-state index in [1.165, 1.54) is 72.0 Å². The molecule has 0 amide bonds. The van der Waals surface area contributed by atoms with Crippen molar-refractivity contribution in [3.8, 4) is 11.1 Å². The first-order valence-corrected chi connectivity index (χ1v) is 16.1. The van der Waals surface area contributed by atoms with Gasteiger partial charge in [-0.2, -0.15) is 0 Å². The average molecular weight is 571 g/mol. The summed E-state index contributed by atoms with van der Waals surface area (Å²) in [5.41, 5.74) is 17.9. The lowest BCUT2D eigenvalue weighted by Gasteiger charge is -2.43. The molecule has 3 aliphatic rings. The fraction of sp³-hybridized carbons (Fsp3) is 0.262. The highest BCUT2D eigenvalue weighted by molar-refractivity contribution is 6.13. The van der Waals surface area contributed by atoms with E-state index in [1.54, 1.807) is 0 Å². The Bertz CT molecular complexity index is 2110. The molecule has 2 heteroatoms. The van der Waals surface area contributed by atoms with Gasteiger partial charge in [0.15, 0.2) is 5.69 Å². The standard InChI is InChI=1S/C42H38N2/c1-22(2)26-19-31(23(3)4)37(32(20-26)24(5)6)25-16-17-34-33(18-25)40-36(44-34)21-35(43-7)41-38-27-12-8-10-14-29(27)39(42(40)41)30-15-11-9-13-28(30)38/h8-24,38-39,44H,1-6H3. The van der Waals surface area contributed by atoms with E-state index in [4.69, 9.17) is 6.57 Å². The minimum Gasteiger partial charge on any atom is -0.356 e. The zero-order chi connectivity index (χ0) is 30.4. The monoisotopic (exact) mass is 570 g/mol. The van der Waals surface area contributed by atoms with Crippen molar-refractivity contribution < 1.29 is 0 Å². The molecule has 0 spiro atoms. The average Bonchev–Trinajstić information content (AvgIpc) is 3.41. The molecule has 44 heavy (non-hydrogen) atoms. The first kappa shape index (κ1) is 27.0. The van der Waals surface area contributed by atoms with Crippen LogP contribution in [-0.2, 0) is 0 Å². The third-order valence-electron chi connectivity index (χ3n) is 10.3. The number of aromatic amines is 1. The van der Waals surface area contributed by atoms with Crippen LogP contribution in [0.15, 0.2) is 84.9 Å². The zero-order valence-electron chi connectivity index (χ0n) is 26.4. The van der Waals surface area contributed by atoms with Crippen LogP contribution >= 0.6 is 0 Å². The topological polar surface area (TPSA) is 20.1 Å². The fourth-order valence-electron chi connectivity index (χ4n) is 8.27. The van der Waals surface area contributed by atoms with Gasteiger partial charge >= 0.3 is 0 Å². The molecule has 0 aliphatic heterocycles. The molecule has 0 unspecified atom stereocenters. The van der Waals surface area contributed by atoms with E-state index in [9.17, 15) is 0 Å². The zero-order valence-corrected chi connectivity index (χ0v) is 26.4. The van der Waals surface area contributed by atoms with Crippen molar-refractivity contribution in [1.82, 2.24) is 4.98 Å². The van der Waals surface area contributed by atoms with E-state index in [0.29, 0.717) is 17.8 Å². The van der Waals surface area contributed by atoms with E-state index >= 15 is 0 Å². The highest BCUT2D eigenvalue weighted by atomic mass is 14.7. The number of aromatic nitrogens is 1. The Morgan fingerprint density at radius 2 is 1.16 bits per heavy atom. The molecule has 6 aromatic rings. The quantitative estimate of drug-likeness (QED) is 0.203. The molecule has 2 bridgehead atoms. The summed E-state index contributed by atoms with van der Waals surface area (Å²) in [5, 5.41) is 2.53. The van der Waals surface area contributed by atoms with Crippen molar-refractivity contribution >= 4 is 27.5 Å². The van der Waals surface area contributed by atoms with Crippen LogP contribution in [-0.4, -0.2) is 4.98 Å².